The van der Waals surface area contributed by atoms with Crippen molar-refractivity contribution in [2.45, 2.75) is 37.9 Å². The van der Waals surface area contributed by atoms with E-state index in [-0.39, 0.29) is 23.5 Å². The lowest BCUT2D eigenvalue weighted by molar-refractivity contribution is -0.0238. The first-order chi connectivity index (χ1) is 9.06. The van der Waals surface area contributed by atoms with Crippen molar-refractivity contribution in [3.63, 3.8) is 0 Å². The lowest BCUT2D eigenvalue weighted by Crippen LogP contribution is -2.33. The van der Waals surface area contributed by atoms with Crippen LogP contribution in [0.5, 0.6) is 0 Å². The molecule has 0 aliphatic carbocycles. The summed E-state index contributed by atoms with van der Waals surface area (Å²) in [5.41, 5.74) is -0.382. The molecule has 0 amide bonds. The van der Waals surface area contributed by atoms with Gasteiger partial charge in [0, 0.05) is 23.4 Å². The van der Waals surface area contributed by atoms with Crippen molar-refractivity contribution in [2.75, 3.05) is 12.4 Å². The average Bonchev–Trinajstić information content (AvgIpc) is 2.77. The van der Waals surface area contributed by atoms with Gasteiger partial charge in [-0.1, -0.05) is 6.92 Å². The number of rotatable bonds is 4. The van der Waals surface area contributed by atoms with Gasteiger partial charge in [-0.15, -0.1) is 0 Å². The van der Waals surface area contributed by atoms with Crippen molar-refractivity contribution >= 4 is 11.8 Å². The molecule has 19 heavy (non-hydrogen) atoms. The van der Waals surface area contributed by atoms with Gasteiger partial charge in [-0.05, 0) is 12.7 Å². The van der Waals surface area contributed by atoms with Gasteiger partial charge in [-0.2, -0.15) is 11.8 Å². The van der Waals surface area contributed by atoms with E-state index in [2.05, 4.69) is 4.98 Å². The molecule has 1 aromatic heterocycles. The Balaban J connectivity index is 2.27. The lowest BCUT2D eigenvalue weighted by atomic mass is 10.2. The predicted octanol–water partition coefficient (Wildman–Crippen LogP) is 0.247. The highest BCUT2D eigenvalue weighted by atomic mass is 32.2. The number of aromatic amines is 1. The van der Waals surface area contributed by atoms with Crippen LogP contribution in [0.15, 0.2) is 15.8 Å². The smallest absolute Gasteiger partial charge is 0.330 e. The summed E-state index contributed by atoms with van der Waals surface area (Å²) in [6.45, 7) is 3.62. The minimum atomic E-state index is -0.473. The van der Waals surface area contributed by atoms with E-state index in [1.54, 1.807) is 18.7 Å². The molecule has 106 valence electrons. The third-order valence-electron chi connectivity index (χ3n) is 3.20. The van der Waals surface area contributed by atoms with Gasteiger partial charge in [0.05, 0.1) is 12.7 Å². The van der Waals surface area contributed by atoms with Crippen LogP contribution in [-0.4, -0.2) is 38.4 Å². The fourth-order valence-electron chi connectivity index (χ4n) is 2.22. The fourth-order valence-corrected chi connectivity index (χ4v) is 3.32. The number of nitrogens with one attached hydrogen (secondary N) is 1. The molecule has 7 heteroatoms. The molecular weight excluding hydrogens is 268 g/mol. The molecule has 1 aliphatic heterocycles. The van der Waals surface area contributed by atoms with Crippen molar-refractivity contribution in [1.29, 1.82) is 0 Å². The Bertz CT molecular complexity index is 553. The average molecular weight is 286 g/mol. The molecule has 6 nitrogen and oxygen atoms in total. The number of aliphatic hydroxyl groups is 1. The summed E-state index contributed by atoms with van der Waals surface area (Å²) < 4.78 is 7.11. The maximum absolute atomic E-state index is 11.8. The van der Waals surface area contributed by atoms with E-state index >= 15 is 0 Å². The first-order valence-electron chi connectivity index (χ1n) is 6.26. The molecule has 2 heterocycles. The molecular formula is C12H18N2O4S. The van der Waals surface area contributed by atoms with Crippen LogP contribution in [-0.2, 0) is 4.74 Å². The number of aryl methyl sites for hydroxylation is 1. The van der Waals surface area contributed by atoms with Crippen LogP contribution < -0.4 is 11.2 Å². The molecule has 2 N–H and O–H groups in total. The number of hydrogen-bond donors (Lipinski definition) is 2. The molecule has 1 saturated heterocycles. The Labute approximate surface area is 114 Å². The number of ether oxygens (including phenoxy) is 1. The Kier molecular flexibility index (Phi) is 4.49. The molecule has 1 aromatic rings. The maximum Gasteiger partial charge on any atom is 0.330 e. The van der Waals surface area contributed by atoms with Crippen LogP contribution in [0, 0.1) is 6.92 Å². The van der Waals surface area contributed by atoms with Gasteiger partial charge in [0.1, 0.15) is 6.23 Å². The zero-order chi connectivity index (χ0) is 14.0. The molecule has 1 fully saturated rings. The molecule has 0 radical (unpaired) electrons. The summed E-state index contributed by atoms with van der Waals surface area (Å²) in [7, 11) is 0. The first kappa shape index (κ1) is 14.4. The van der Waals surface area contributed by atoms with Crippen LogP contribution in [0.3, 0.4) is 0 Å². The van der Waals surface area contributed by atoms with Crippen molar-refractivity contribution in [1.82, 2.24) is 9.55 Å². The minimum Gasteiger partial charge on any atom is -0.394 e. The van der Waals surface area contributed by atoms with Crippen molar-refractivity contribution in [2.24, 2.45) is 0 Å². The highest BCUT2D eigenvalue weighted by molar-refractivity contribution is 7.99. The second-order valence-corrected chi connectivity index (χ2v) is 6.04. The van der Waals surface area contributed by atoms with Gasteiger partial charge in [0.25, 0.3) is 5.56 Å². The van der Waals surface area contributed by atoms with E-state index < -0.39 is 11.9 Å². The lowest BCUT2D eigenvalue weighted by Gasteiger charge is -2.15. The Morgan fingerprint density at radius 1 is 1.58 bits per heavy atom. The van der Waals surface area contributed by atoms with E-state index in [4.69, 9.17) is 4.74 Å². The standard InChI is InChI=1S/C12H18N2O4S/c1-3-19-9-4-10(18-8(9)6-15)14-5-7(2)11(16)13-12(14)17/h5,8-10,15H,3-4,6H2,1-2H3,(H,13,16,17). The Morgan fingerprint density at radius 3 is 2.95 bits per heavy atom. The SMILES string of the molecule is CCSC1CC(n2cc(C)c(=O)[nH]c2=O)OC1CO. The summed E-state index contributed by atoms with van der Waals surface area (Å²) in [5.74, 6) is 0.927. The second-order valence-electron chi connectivity index (χ2n) is 4.52. The molecule has 0 aromatic carbocycles. The van der Waals surface area contributed by atoms with E-state index in [1.807, 2.05) is 6.92 Å². The van der Waals surface area contributed by atoms with E-state index in [0.29, 0.717) is 12.0 Å². The topological polar surface area (TPSA) is 84.3 Å². The predicted molar refractivity (Wildman–Crippen MR) is 73.6 cm³/mol. The van der Waals surface area contributed by atoms with Crippen LogP contribution >= 0.6 is 11.8 Å². The van der Waals surface area contributed by atoms with E-state index in [9.17, 15) is 14.7 Å². The zero-order valence-electron chi connectivity index (χ0n) is 11.0. The van der Waals surface area contributed by atoms with Gasteiger partial charge in [0.15, 0.2) is 0 Å². The summed E-state index contributed by atoms with van der Waals surface area (Å²) in [4.78, 5) is 25.4. The number of hydrogen-bond acceptors (Lipinski definition) is 5. The molecule has 0 bridgehead atoms. The van der Waals surface area contributed by atoms with Crippen LogP contribution in [0.2, 0.25) is 0 Å². The second kappa shape index (κ2) is 5.94. The number of aromatic nitrogens is 2. The van der Waals surface area contributed by atoms with Crippen molar-refractivity contribution in [3.05, 3.63) is 32.6 Å². The molecule has 3 unspecified atom stereocenters. The summed E-state index contributed by atoms with van der Waals surface area (Å²) in [5, 5.41) is 9.48. The third-order valence-corrected chi connectivity index (χ3v) is 4.45. The summed E-state index contributed by atoms with van der Waals surface area (Å²) in [6.07, 6.45) is 1.47. The molecule has 1 aliphatic rings. The van der Waals surface area contributed by atoms with Gasteiger partial charge in [-0.3, -0.25) is 14.3 Å². The van der Waals surface area contributed by atoms with Crippen LogP contribution in [0.4, 0.5) is 0 Å². The number of thioether (sulfide) groups is 1. The van der Waals surface area contributed by atoms with Crippen molar-refractivity contribution in [3.8, 4) is 0 Å². The molecule has 3 atom stereocenters. The number of aliphatic hydroxyl groups excluding tert-OH is 1. The van der Waals surface area contributed by atoms with Gasteiger partial charge in [-0.25, -0.2) is 4.79 Å². The Morgan fingerprint density at radius 2 is 2.32 bits per heavy atom. The third kappa shape index (κ3) is 2.93. The van der Waals surface area contributed by atoms with Gasteiger partial charge < -0.3 is 9.84 Å². The zero-order valence-corrected chi connectivity index (χ0v) is 11.8. The molecule has 2 rings (SSSR count). The summed E-state index contributed by atoms with van der Waals surface area (Å²) in [6, 6.07) is 0. The normalized spacial score (nSPS) is 26.8. The fraction of sp³-hybridized carbons (Fsp3) is 0.667. The Hall–Kier alpha value is -1.05. The first-order valence-corrected chi connectivity index (χ1v) is 7.31. The highest BCUT2D eigenvalue weighted by Crippen LogP contribution is 2.35. The number of nitrogens with zero attached hydrogens (tertiary/aromatic N) is 1. The van der Waals surface area contributed by atoms with E-state index in [0.717, 1.165) is 5.75 Å². The minimum absolute atomic E-state index is 0.0642. The van der Waals surface area contributed by atoms with E-state index in [1.165, 1.54) is 10.8 Å². The molecule has 0 spiro atoms. The van der Waals surface area contributed by atoms with Gasteiger partial charge >= 0.3 is 5.69 Å². The summed E-state index contributed by atoms with van der Waals surface area (Å²) >= 11 is 1.71. The van der Waals surface area contributed by atoms with Gasteiger partial charge in [0.2, 0.25) is 0 Å². The van der Waals surface area contributed by atoms with Crippen molar-refractivity contribution < 1.29 is 9.84 Å². The number of H-pyrrole nitrogens is 1. The van der Waals surface area contributed by atoms with Crippen LogP contribution in [0.25, 0.3) is 0 Å². The molecule has 0 saturated carbocycles. The maximum atomic E-state index is 11.8. The quantitative estimate of drug-likeness (QED) is 0.828. The largest absolute Gasteiger partial charge is 0.394 e. The highest BCUT2D eigenvalue weighted by Gasteiger charge is 2.36. The monoisotopic (exact) mass is 286 g/mol. The van der Waals surface area contributed by atoms with Crippen LogP contribution in [0.1, 0.15) is 25.1 Å².